The lowest BCUT2D eigenvalue weighted by Gasteiger charge is -2.39. The minimum Gasteiger partial charge on any atom is -0.339 e. The maximum Gasteiger partial charge on any atom is 0.227 e. The van der Waals surface area contributed by atoms with Crippen molar-refractivity contribution in [3.8, 4) is 0 Å². The molecule has 4 rings (SSSR count). The summed E-state index contributed by atoms with van der Waals surface area (Å²) >= 11 is 0. The Morgan fingerprint density at radius 1 is 1.24 bits per heavy atom. The third-order valence-electron chi connectivity index (χ3n) is 5.06. The van der Waals surface area contributed by atoms with Gasteiger partial charge in [0, 0.05) is 6.42 Å². The molecule has 1 N–H and O–H groups in total. The maximum atomic E-state index is 5.54. The molecule has 2 aromatic rings. The zero-order valence-electron chi connectivity index (χ0n) is 12.2. The fourth-order valence-electron chi connectivity index (χ4n) is 3.60. The molecule has 1 aliphatic carbocycles. The topological polar surface area (TPSA) is 51.0 Å². The zero-order chi connectivity index (χ0) is 14.1. The van der Waals surface area contributed by atoms with Crippen LogP contribution in [0, 0.1) is 5.92 Å². The van der Waals surface area contributed by atoms with E-state index in [4.69, 9.17) is 9.51 Å². The second kappa shape index (κ2) is 5.26. The van der Waals surface area contributed by atoms with Crippen LogP contribution in [-0.2, 0) is 11.8 Å². The molecule has 1 aliphatic heterocycles. The quantitative estimate of drug-likeness (QED) is 0.937. The summed E-state index contributed by atoms with van der Waals surface area (Å²) in [6, 6.07) is 10.6. The van der Waals surface area contributed by atoms with Gasteiger partial charge in [0.15, 0.2) is 5.82 Å². The normalized spacial score (nSPS) is 23.9. The van der Waals surface area contributed by atoms with Gasteiger partial charge in [0.05, 0.1) is 5.41 Å². The molecule has 0 amide bonds. The van der Waals surface area contributed by atoms with Gasteiger partial charge in [-0.3, -0.25) is 0 Å². The van der Waals surface area contributed by atoms with Crippen LogP contribution in [0.4, 0.5) is 0 Å². The third-order valence-corrected chi connectivity index (χ3v) is 5.06. The lowest BCUT2D eigenvalue weighted by molar-refractivity contribution is 0.270. The first-order valence-corrected chi connectivity index (χ1v) is 7.96. The van der Waals surface area contributed by atoms with Gasteiger partial charge in [-0.2, -0.15) is 4.98 Å². The maximum absolute atomic E-state index is 5.54. The number of hydrogen-bond acceptors (Lipinski definition) is 4. The van der Waals surface area contributed by atoms with Gasteiger partial charge in [-0.25, -0.2) is 0 Å². The van der Waals surface area contributed by atoms with Crippen LogP contribution in [0.2, 0.25) is 0 Å². The van der Waals surface area contributed by atoms with E-state index >= 15 is 0 Å². The summed E-state index contributed by atoms with van der Waals surface area (Å²) in [6.07, 6.45) is 5.61. The highest BCUT2D eigenvalue weighted by molar-refractivity contribution is 5.35. The van der Waals surface area contributed by atoms with Crippen molar-refractivity contribution in [2.24, 2.45) is 5.92 Å². The van der Waals surface area contributed by atoms with Crippen LogP contribution in [0.15, 0.2) is 34.9 Å². The minimum atomic E-state index is -0.00304. The van der Waals surface area contributed by atoms with E-state index in [9.17, 15) is 0 Å². The summed E-state index contributed by atoms with van der Waals surface area (Å²) in [4.78, 5) is 4.74. The van der Waals surface area contributed by atoms with Gasteiger partial charge in [-0.05, 0) is 43.8 Å². The zero-order valence-corrected chi connectivity index (χ0v) is 12.2. The Bertz CT molecular complexity index is 598. The predicted molar refractivity (Wildman–Crippen MR) is 80.1 cm³/mol. The van der Waals surface area contributed by atoms with Crippen molar-refractivity contribution in [1.29, 1.82) is 0 Å². The Kier molecular flexibility index (Phi) is 3.26. The lowest BCUT2D eigenvalue weighted by Crippen LogP contribution is -2.36. The number of rotatable bonds is 4. The Hall–Kier alpha value is -1.68. The second-order valence-corrected chi connectivity index (χ2v) is 6.38. The number of hydrogen-bond donors (Lipinski definition) is 1. The highest BCUT2D eigenvalue weighted by atomic mass is 16.5. The van der Waals surface area contributed by atoms with Crippen LogP contribution in [0.3, 0.4) is 0 Å². The van der Waals surface area contributed by atoms with Crippen molar-refractivity contribution >= 4 is 0 Å². The minimum absolute atomic E-state index is 0.00304. The molecule has 1 unspecified atom stereocenters. The largest absolute Gasteiger partial charge is 0.339 e. The van der Waals surface area contributed by atoms with Crippen molar-refractivity contribution in [2.75, 3.05) is 13.1 Å². The van der Waals surface area contributed by atoms with E-state index in [1.54, 1.807) is 0 Å². The van der Waals surface area contributed by atoms with Gasteiger partial charge in [0.1, 0.15) is 0 Å². The molecule has 1 aromatic carbocycles. The molecule has 21 heavy (non-hydrogen) atoms. The van der Waals surface area contributed by atoms with Crippen LogP contribution in [-0.4, -0.2) is 23.2 Å². The Morgan fingerprint density at radius 3 is 2.76 bits per heavy atom. The first-order chi connectivity index (χ1) is 10.4. The first kappa shape index (κ1) is 13.0. The molecule has 0 spiro atoms. The van der Waals surface area contributed by atoms with Crippen LogP contribution >= 0.6 is 0 Å². The molecular weight excluding hydrogens is 262 g/mol. The summed E-state index contributed by atoms with van der Waals surface area (Å²) in [6.45, 7) is 2.18. The summed E-state index contributed by atoms with van der Waals surface area (Å²) in [5.74, 6) is 2.34. The first-order valence-electron chi connectivity index (χ1n) is 7.96. The number of nitrogens with zero attached hydrogens (tertiary/aromatic N) is 2. The van der Waals surface area contributed by atoms with E-state index < -0.39 is 0 Å². The van der Waals surface area contributed by atoms with Crippen molar-refractivity contribution in [2.45, 2.75) is 37.5 Å². The average molecular weight is 283 g/mol. The van der Waals surface area contributed by atoms with E-state index in [1.807, 2.05) is 0 Å². The monoisotopic (exact) mass is 283 g/mol. The molecule has 1 saturated heterocycles. The molecule has 2 aliphatic rings. The van der Waals surface area contributed by atoms with Crippen LogP contribution in [0.25, 0.3) is 0 Å². The Morgan fingerprint density at radius 2 is 2.10 bits per heavy atom. The Labute approximate surface area is 124 Å². The van der Waals surface area contributed by atoms with Crippen molar-refractivity contribution in [3.05, 3.63) is 47.6 Å². The van der Waals surface area contributed by atoms with E-state index in [0.717, 1.165) is 44.1 Å². The van der Waals surface area contributed by atoms with Crippen molar-refractivity contribution in [1.82, 2.24) is 15.5 Å². The van der Waals surface area contributed by atoms with Crippen molar-refractivity contribution < 1.29 is 4.52 Å². The summed E-state index contributed by atoms with van der Waals surface area (Å²) in [5, 5.41) is 7.71. The van der Waals surface area contributed by atoms with Crippen molar-refractivity contribution in [3.63, 3.8) is 0 Å². The molecular formula is C17H21N3O. The molecule has 0 bridgehead atoms. The molecule has 1 atom stereocenters. The van der Waals surface area contributed by atoms with Crippen LogP contribution < -0.4 is 5.32 Å². The van der Waals surface area contributed by atoms with E-state index in [2.05, 4.69) is 40.8 Å². The van der Waals surface area contributed by atoms with Gasteiger partial charge < -0.3 is 9.84 Å². The van der Waals surface area contributed by atoms with Crippen LogP contribution in [0.1, 0.15) is 43.0 Å². The van der Waals surface area contributed by atoms with E-state index in [0.29, 0.717) is 5.92 Å². The molecule has 0 radical (unpaired) electrons. The second-order valence-electron chi connectivity index (χ2n) is 6.38. The molecule has 4 nitrogen and oxygen atoms in total. The molecule has 1 aromatic heterocycles. The van der Waals surface area contributed by atoms with Gasteiger partial charge in [0.25, 0.3) is 0 Å². The molecule has 1 saturated carbocycles. The Balaban J connectivity index is 1.58. The molecule has 2 fully saturated rings. The summed E-state index contributed by atoms with van der Waals surface area (Å²) < 4.78 is 5.54. The summed E-state index contributed by atoms with van der Waals surface area (Å²) in [5.41, 5.74) is 1.32. The van der Waals surface area contributed by atoms with Gasteiger partial charge >= 0.3 is 0 Å². The predicted octanol–water partition coefficient (Wildman–Crippen LogP) is 2.69. The van der Waals surface area contributed by atoms with E-state index in [1.165, 1.54) is 18.4 Å². The lowest BCUT2D eigenvalue weighted by atomic mass is 9.64. The summed E-state index contributed by atoms with van der Waals surface area (Å²) in [7, 11) is 0. The van der Waals surface area contributed by atoms with Gasteiger partial charge in [0.2, 0.25) is 5.89 Å². The van der Waals surface area contributed by atoms with Gasteiger partial charge in [-0.1, -0.05) is 41.9 Å². The standard InChI is InChI=1S/C17H21N3O/c1-2-5-14(6-3-1)17(8-4-9-17)16-19-15(21-20-16)11-13-7-10-18-12-13/h1-3,5-6,13,18H,4,7-12H2. The van der Waals surface area contributed by atoms with E-state index in [-0.39, 0.29) is 5.41 Å². The fraction of sp³-hybridized carbons (Fsp3) is 0.529. The van der Waals surface area contributed by atoms with Crippen LogP contribution in [0.5, 0.6) is 0 Å². The average Bonchev–Trinajstić information content (AvgIpc) is 3.12. The number of benzene rings is 1. The molecule has 110 valence electrons. The fourth-order valence-corrected chi connectivity index (χ4v) is 3.60. The highest BCUT2D eigenvalue weighted by Crippen LogP contribution is 2.47. The molecule has 4 heteroatoms. The highest BCUT2D eigenvalue weighted by Gasteiger charge is 2.44. The van der Waals surface area contributed by atoms with Gasteiger partial charge in [-0.15, -0.1) is 0 Å². The SMILES string of the molecule is c1ccc(C2(c3noc(CC4CCNC4)n3)CCC2)cc1. The number of aromatic nitrogens is 2. The smallest absolute Gasteiger partial charge is 0.227 e. The molecule has 2 heterocycles. The number of nitrogens with one attached hydrogen (secondary N) is 1. The third kappa shape index (κ3) is 2.27.